The van der Waals surface area contributed by atoms with Crippen LogP contribution in [0.4, 0.5) is 0 Å². The fourth-order valence-electron chi connectivity index (χ4n) is 2.05. The molecule has 1 aromatic rings. The van der Waals surface area contributed by atoms with E-state index >= 15 is 0 Å². The predicted octanol–water partition coefficient (Wildman–Crippen LogP) is 1.12. The summed E-state index contributed by atoms with van der Waals surface area (Å²) in [7, 11) is 0. The van der Waals surface area contributed by atoms with Crippen molar-refractivity contribution < 1.29 is 0 Å². The van der Waals surface area contributed by atoms with E-state index in [2.05, 4.69) is 28.9 Å². The Labute approximate surface area is 79.1 Å². The molecule has 1 atom stereocenters. The molecule has 1 aromatic heterocycles. The van der Waals surface area contributed by atoms with Gasteiger partial charge < -0.3 is 5.32 Å². The summed E-state index contributed by atoms with van der Waals surface area (Å²) >= 11 is 0. The van der Waals surface area contributed by atoms with Gasteiger partial charge in [0.1, 0.15) is 0 Å². The van der Waals surface area contributed by atoms with Gasteiger partial charge in [0.05, 0.1) is 12.7 Å². The van der Waals surface area contributed by atoms with Crippen molar-refractivity contribution in [1.29, 1.82) is 0 Å². The molecule has 0 amide bonds. The van der Waals surface area contributed by atoms with Crippen LogP contribution in [0, 0.1) is 6.92 Å². The topological polar surface area (TPSA) is 29.9 Å². The average Bonchev–Trinajstić information content (AvgIpc) is 2.48. The highest BCUT2D eigenvalue weighted by atomic mass is 15.3. The largest absolute Gasteiger partial charge is 0.312 e. The first-order chi connectivity index (χ1) is 6.31. The van der Waals surface area contributed by atoms with Gasteiger partial charge in [-0.2, -0.15) is 5.10 Å². The standard InChI is InChI=1S/C10H17N3/c1-3-11-9-4-5-10-8(2)6-12-13(10)7-9/h6,9,11H,3-5,7H2,1-2H3/t9-/m0/s1. The molecule has 0 aliphatic carbocycles. The van der Waals surface area contributed by atoms with Crippen LogP contribution in [-0.4, -0.2) is 22.4 Å². The molecule has 2 rings (SSSR count). The molecular formula is C10H17N3. The lowest BCUT2D eigenvalue weighted by molar-refractivity contribution is 0.368. The van der Waals surface area contributed by atoms with Crippen molar-refractivity contribution in [3.63, 3.8) is 0 Å². The van der Waals surface area contributed by atoms with Crippen molar-refractivity contribution in [2.45, 2.75) is 39.3 Å². The molecule has 1 N–H and O–H groups in total. The van der Waals surface area contributed by atoms with E-state index in [1.807, 2.05) is 6.20 Å². The van der Waals surface area contributed by atoms with Crippen LogP contribution in [0.25, 0.3) is 0 Å². The molecule has 3 heteroatoms. The first-order valence-electron chi connectivity index (χ1n) is 5.06. The van der Waals surface area contributed by atoms with Crippen molar-refractivity contribution in [3.8, 4) is 0 Å². The first kappa shape index (κ1) is 8.75. The molecule has 0 spiro atoms. The van der Waals surface area contributed by atoms with E-state index in [1.165, 1.54) is 24.1 Å². The van der Waals surface area contributed by atoms with E-state index in [0.29, 0.717) is 6.04 Å². The quantitative estimate of drug-likeness (QED) is 0.737. The van der Waals surface area contributed by atoms with Crippen LogP contribution >= 0.6 is 0 Å². The fourth-order valence-corrected chi connectivity index (χ4v) is 2.05. The van der Waals surface area contributed by atoms with E-state index in [-0.39, 0.29) is 0 Å². The van der Waals surface area contributed by atoms with Gasteiger partial charge in [-0.05, 0) is 31.9 Å². The maximum atomic E-state index is 4.37. The van der Waals surface area contributed by atoms with Gasteiger partial charge in [0.2, 0.25) is 0 Å². The summed E-state index contributed by atoms with van der Waals surface area (Å²) in [5.41, 5.74) is 2.77. The number of nitrogens with zero attached hydrogens (tertiary/aromatic N) is 2. The molecule has 13 heavy (non-hydrogen) atoms. The molecule has 2 heterocycles. The molecule has 0 fully saturated rings. The van der Waals surface area contributed by atoms with Crippen LogP contribution in [0.3, 0.4) is 0 Å². The van der Waals surface area contributed by atoms with Crippen molar-refractivity contribution in [2.75, 3.05) is 6.54 Å². The zero-order valence-electron chi connectivity index (χ0n) is 8.38. The van der Waals surface area contributed by atoms with Gasteiger partial charge in [-0.25, -0.2) is 0 Å². The Balaban J connectivity index is 2.11. The van der Waals surface area contributed by atoms with Gasteiger partial charge in [0.25, 0.3) is 0 Å². The van der Waals surface area contributed by atoms with Crippen molar-refractivity contribution in [1.82, 2.24) is 15.1 Å². The third-order valence-corrected chi connectivity index (χ3v) is 2.77. The Hall–Kier alpha value is -0.830. The molecule has 1 aliphatic rings. The fraction of sp³-hybridized carbons (Fsp3) is 0.700. The molecule has 0 saturated heterocycles. The first-order valence-corrected chi connectivity index (χ1v) is 5.06. The van der Waals surface area contributed by atoms with Crippen molar-refractivity contribution in [2.24, 2.45) is 0 Å². The second kappa shape index (κ2) is 3.50. The Morgan fingerprint density at radius 1 is 1.69 bits per heavy atom. The third-order valence-electron chi connectivity index (χ3n) is 2.77. The summed E-state index contributed by atoms with van der Waals surface area (Å²) < 4.78 is 2.14. The third kappa shape index (κ3) is 1.61. The number of aryl methyl sites for hydroxylation is 1. The number of fused-ring (bicyclic) bond motifs is 1. The number of rotatable bonds is 2. The maximum Gasteiger partial charge on any atom is 0.0566 e. The van der Waals surface area contributed by atoms with E-state index in [9.17, 15) is 0 Å². The minimum absolute atomic E-state index is 0.622. The van der Waals surface area contributed by atoms with Crippen molar-refractivity contribution in [3.05, 3.63) is 17.5 Å². The van der Waals surface area contributed by atoms with Gasteiger partial charge in [-0.3, -0.25) is 4.68 Å². The van der Waals surface area contributed by atoms with Crippen LogP contribution in [0.1, 0.15) is 24.6 Å². The summed E-state index contributed by atoms with van der Waals surface area (Å²) in [5, 5.41) is 7.84. The highest BCUT2D eigenvalue weighted by molar-refractivity contribution is 5.17. The molecule has 0 bridgehead atoms. The van der Waals surface area contributed by atoms with Crippen LogP contribution in [0.2, 0.25) is 0 Å². The van der Waals surface area contributed by atoms with Gasteiger partial charge >= 0.3 is 0 Å². The molecule has 1 aliphatic heterocycles. The number of hydrogen-bond acceptors (Lipinski definition) is 2. The van der Waals surface area contributed by atoms with E-state index in [0.717, 1.165) is 13.1 Å². The molecule has 0 saturated carbocycles. The maximum absolute atomic E-state index is 4.37. The second-order valence-corrected chi connectivity index (χ2v) is 3.75. The number of likely N-dealkylation sites (N-methyl/N-ethyl adjacent to an activating group) is 1. The molecule has 0 aromatic carbocycles. The summed E-state index contributed by atoms with van der Waals surface area (Å²) in [6, 6.07) is 0.622. The minimum Gasteiger partial charge on any atom is -0.312 e. The molecular weight excluding hydrogens is 162 g/mol. The van der Waals surface area contributed by atoms with Crippen LogP contribution in [0.5, 0.6) is 0 Å². The van der Waals surface area contributed by atoms with Crippen LogP contribution in [-0.2, 0) is 13.0 Å². The average molecular weight is 179 g/mol. The van der Waals surface area contributed by atoms with Crippen molar-refractivity contribution >= 4 is 0 Å². The normalized spacial score (nSPS) is 21.5. The highest BCUT2D eigenvalue weighted by Crippen LogP contribution is 2.17. The summed E-state index contributed by atoms with van der Waals surface area (Å²) in [6.45, 7) is 6.40. The minimum atomic E-state index is 0.622. The number of aromatic nitrogens is 2. The van der Waals surface area contributed by atoms with Crippen LogP contribution < -0.4 is 5.32 Å². The number of nitrogens with one attached hydrogen (secondary N) is 1. The smallest absolute Gasteiger partial charge is 0.0566 e. The summed E-state index contributed by atoms with van der Waals surface area (Å²) in [5.74, 6) is 0. The van der Waals surface area contributed by atoms with Gasteiger partial charge in [-0.1, -0.05) is 6.92 Å². The number of hydrogen-bond donors (Lipinski definition) is 1. The summed E-state index contributed by atoms with van der Waals surface area (Å²) in [6.07, 6.45) is 4.40. The van der Waals surface area contributed by atoms with Gasteiger partial charge in [-0.15, -0.1) is 0 Å². The molecule has 72 valence electrons. The van der Waals surface area contributed by atoms with Gasteiger partial charge in [0.15, 0.2) is 0 Å². The Kier molecular flexibility index (Phi) is 2.36. The second-order valence-electron chi connectivity index (χ2n) is 3.75. The lowest BCUT2D eigenvalue weighted by atomic mass is 10.0. The SMILES string of the molecule is CCN[C@H]1CCc2c(C)cnn2C1. The lowest BCUT2D eigenvalue weighted by Crippen LogP contribution is -2.37. The lowest BCUT2D eigenvalue weighted by Gasteiger charge is -2.24. The molecule has 3 nitrogen and oxygen atoms in total. The Morgan fingerprint density at radius 3 is 3.31 bits per heavy atom. The molecule has 0 radical (unpaired) electrons. The highest BCUT2D eigenvalue weighted by Gasteiger charge is 2.19. The summed E-state index contributed by atoms with van der Waals surface area (Å²) in [4.78, 5) is 0. The van der Waals surface area contributed by atoms with E-state index in [1.54, 1.807) is 0 Å². The predicted molar refractivity (Wildman–Crippen MR) is 52.7 cm³/mol. The Morgan fingerprint density at radius 2 is 2.54 bits per heavy atom. The van der Waals surface area contributed by atoms with Gasteiger partial charge in [0, 0.05) is 11.7 Å². The van der Waals surface area contributed by atoms with Crippen LogP contribution in [0.15, 0.2) is 6.20 Å². The molecule has 0 unspecified atom stereocenters. The van der Waals surface area contributed by atoms with E-state index in [4.69, 9.17) is 0 Å². The van der Waals surface area contributed by atoms with E-state index < -0.39 is 0 Å². The Bertz CT molecular complexity index is 290. The zero-order chi connectivity index (χ0) is 9.26. The zero-order valence-corrected chi connectivity index (χ0v) is 8.38. The monoisotopic (exact) mass is 179 g/mol.